The average Bonchev–Trinajstić information content (AvgIpc) is 3.25. The van der Waals surface area contributed by atoms with Crippen LogP contribution in [0.25, 0.3) is 10.2 Å². The summed E-state index contributed by atoms with van der Waals surface area (Å²) in [7, 11) is 3.92. The van der Waals surface area contributed by atoms with Crippen LogP contribution in [0.2, 0.25) is 0 Å². The minimum atomic E-state index is -0.259. The molecule has 10 heteroatoms. The Balaban J connectivity index is 0.00000210. The molecule has 1 aromatic heterocycles. The first-order chi connectivity index (χ1) is 12.6. The summed E-state index contributed by atoms with van der Waals surface area (Å²) in [6.07, 6.45) is 1.37. The van der Waals surface area contributed by atoms with Gasteiger partial charge in [0.25, 0.3) is 5.91 Å². The molecule has 0 aliphatic carbocycles. The zero-order chi connectivity index (χ0) is 18.1. The Morgan fingerprint density at radius 3 is 2.63 bits per heavy atom. The van der Waals surface area contributed by atoms with E-state index < -0.39 is 0 Å². The molecule has 0 fully saturated rings. The first kappa shape index (κ1) is 19.5. The van der Waals surface area contributed by atoms with Crippen LogP contribution in [0.5, 0.6) is 11.5 Å². The molecular weight excluding hydrogens is 394 g/mol. The summed E-state index contributed by atoms with van der Waals surface area (Å²) in [5.41, 5.74) is 0.770. The van der Waals surface area contributed by atoms with Crippen molar-refractivity contribution in [3.8, 4) is 11.5 Å². The summed E-state index contributed by atoms with van der Waals surface area (Å²) < 4.78 is 22.4. The third-order valence-electron chi connectivity index (χ3n) is 3.98. The first-order valence-corrected chi connectivity index (χ1v) is 9.05. The van der Waals surface area contributed by atoms with Crippen molar-refractivity contribution in [3.05, 3.63) is 24.2 Å². The summed E-state index contributed by atoms with van der Waals surface area (Å²) in [5.74, 6) is 1.31. The lowest BCUT2D eigenvalue weighted by atomic mass is 10.3. The van der Waals surface area contributed by atoms with Crippen LogP contribution in [0.4, 0.5) is 5.13 Å². The maximum absolute atomic E-state index is 12.9. The number of halogens is 1. The monoisotopic (exact) mass is 413 g/mol. The Morgan fingerprint density at radius 1 is 1.15 bits per heavy atom. The Labute approximate surface area is 166 Å². The summed E-state index contributed by atoms with van der Waals surface area (Å²) in [6.45, 7) is 2.21. The van der Waals surface area contributed by atoms with Crippen molar-refractivity contribution in [1.82, 2.24) is 9.88 Å². The van der Waals surface area contributed by atoms with Crippen LogP contribution in [-0.4, -0.2) is 63.0 Å². The number of fused-ring (bicyclic) bond motifs is 2. The highest BCUT2D eigenvalue weighted by molar-refractivity contribution is 7.22. The molecule has 146 valence electrons. The predicted molar refractivity (Wildman–Crippen MR) is 104 cm³/mol. The Bertz CT molecular complexity index is 829. The number of hydrogen-bond donors (Lipinski definition) is 0. The van der Waals surface area contributed by atoms with E-state index in [-0.39, 0.29) is 30.9 Å². The third kappa shape index (κ3) is 4.05. The number of nitrogens with zero attached hydrogens (tertiary/aromatic N) is 3. The summed E-state index contributed by atoms with van der Waals surface area (Å²) >= 11 is 1.43. The second-order valence-corrected chi connectivity index (χ2v) is 7.14. The zero-order valence-electron chi connectivity index (χ0n) is 15.0. The molecular formula is C17H20ClN3O5S. The van der Waals surface area contributed by atoms with Gasteiger partial charge in [0, 0.05) is 25.2 Å². The number of aromatic nitrogens is 1. The fourth-order valence-corrected chi connectivity index (χ4v) is 3.62. The van der Waals surface area contributed by atoms with Crippen LogP contribution in [0.3, 0.4) is 0 Å². The van der Waals surface area contributed by atoms with Gasteiger partial charge in [-0.2, -0.15) is 0 Å². The van der Waals surface area contributed by atoms with Gasteiger partial charge in [0.05, 0.1) is 10.2 Å². The highest BCUT2D eigenvalue weighted by Crippen LogP contribution is 2.40. The quantitative estimate of drug-likeness (QED) is 0.744. The molecule has 4 rings (SSSR count). The molecule has 0 spiro atoms. The van der Waals surface area contributed by atoms with E-state index >= 15 is 0 Å². The van der Waals surface area contributed by atoms with Gasteiger partial charge in [0.1, 0.15) is 19.5 Å². The SMILES string of the molecule is CN(C)CCN(C(=O)C1=COCCO1)c1nc2cc3c(cc2s1)OCO3.Cl. The fraction of sp³-hybridized carbons (Fsp3) is 0.412. The van der Waals surface area contributed by atoms with Gasteiger partial charge in [-0.3, -0.25) is 9.69 Å². The topological polar surface area (TPSA) is 73.4 Å². The maximum atomic E-state index is 12.9. The van der Waals surface area contributed by atoms with Crippen LogP contribution in [0.1, 0.15) is 0 Å². The van der Waals surface area contributed by atoms with Crippen molar-refractivity contribution in [2.75, 3.05) is 52.1 Å². The number of carbonyl (C=O) groups is 1. The van der Waals surface area contributed by atoms with E-state index in [4.69, 9.17) is 18.9 Å². The predicted octanol–water partition coefficient (Wildman–Crippen LogP) is 2.23. The van der Waals surface area contributed by atoms with E-state index in [0.717, 1.165) is 10.2 Å². The largest absolute Gasteiger partial charge is 0.494 e. The van der Waals surface area contributed by atoms with Crippen LogP contribution in [0, 0.1) is 0 Å². The zero-order valence-corrected chi connectivity index (χ0v) is 16.6. The van der Waals surface area contributed by atoms with Gasteiger partial charge in [0.2, 0.25) is 12.6 Å². The number of ether oxygens (including phenoxy) is 4. The molecule has 2 aromatic rings. The molecule has 0 radical (unpaired) electrons. The molecule has 2 aliphatic rings. The van der Waals surface area contributed by atoms with Gasteiger partial charge >= 0.3 is 0 Å². The highest BCUT2D eigenvalue weighted by atomic mass is 35.5. The average molecular weight is 414 g/mol. The van der Waals surface area contributed by atoms with Gasteiger partial charge < -0.3 is 23.8 Å². The highest BCUT2D eigenvalue weighted by Gasteiger charge is 2.27. The number of amides is 1. The number of likely N-dealkylation sites (N-methyl/N-ethyl adjacent to an activating group) is 1. The van der Waals surface area contributed by atoms with Crippen molar-refractivity contribution in [2.24, 2.45) is 0 Å². The molecule has 1 amide bonds. The van der Waals surface area contributed by atoms with Crippen molar-refractivity contribution in [1.29, 1.82) is 0 Å². The molecule has 2 aliphatic heterocycles. The van der Waals surface area contributed by atoms with Crippen molar-refractivity contribution in [3.63, 3.8) is 0 Å². The van der Waals surface area contributed by atoms with Crippen LogP contribution in [0.15, 0.2) is 24.2 Å². The molecule has 0 N–H and O–H groups in total. The fourth-order valence-electron chi connectivity index (χ4n) is 2.62. The summed E-state index contributed by atoms with van der Waals surface area (Å²) in [5, 5.41) is 0.602. The van der Waals surface area contributed by atoms with Gasteiger partial charge in [-0.15, -0.1) is 12.4 Å². The summed E-state index contributed by atoms with van der Waals surface area (Å²) in [4.78, 5) is 21.2. The van der Waals surface area contributed by atoms with Crippen molar-refractivity contribution in [2.45, 2.75) is 0 Å². The Kier molecular flexibility index (Phi) is 5.93. The normalized spacial score (nSPS) is 15.0. The molecule has 27 heavy (non-hydrogen) atoms. The molecule has 8 nitrogen and oxygen atoms in total. The summed E-state index contributed by atoms with van der Waals surface area (Å²) in [6, 6.07) is 3.73. The minimum Gasteiger partial charge on any atom is -0.494 e. The van der Waals surface area contributed by atoms with E-state index in [1.807, 2.05) is 31.1 Å². The van der Waals surface area contributed by atoms with Gasteiger partial charge in [-0.05, 0) is 14.1 Å². The van der Waals surface area contributed by atoms with Crippen molar-refractivity contribution >= 4 is 45.0 Å². The Hall–Kier alpha value is -2.23. The number of benzene rings is 1. The molecule has 0 unspecified atom stereocenters. The molecule has 0 atom stereocenters. The lowest BCUT2D eigenvalue weighted by molar-refractivity contribution is -0.119. The van der Waals surface area contributed by atoms with Gasteiger partial charge in [-0.1, -0.05) is 11.3 Å². The van der Waals surface area contributed by atoms with Gasteiger partial charge in [0.15, 0.2) is 16.6 Å². The van der Waals surface area contributed by atoms with Crippen LogP contribution >= 0.6 is 23.7 Å². The van der Waals surface area contributed by atoms with Crippen molar-refractivity contribution < 1.29 is 23.7 Å². The lowest BCUT2D eigenvalue weighted by Gasteiger charge is -2.24. The number of carbonyl (C=O) groups excluding carboxylic acids is 1. The molecule has 1 aromatic carbocycles. The van der Waals surface area contributed by atoms with E-state index in [9.17, 15) is 4.79 Å². The second-order valence-electron chi connectivity index (χ2n) is 6.13. The number of hydrogen-bond acceptors (Lipinski definition) is 8. The minimum absolute atomic E-state index is 0. The van der Waals surface area contributed by atoms with E-state index in [2.05, 4.69) is 4.98 Å². The van der Waals surface area contributed by atoms with E-state index in [1.165, 1.54) is 17.6 Å². The third-order valence-corrected chi connectivity index (χ3v) is 5.02. The molecule has 0 bridgehead atoms. The van der Waals surface area contributed by atoms with E-state index in [0.29, 0.717) is 42.9 Å². The number of thiazole rings is 1. The Morgan fingerprint density at radius 2 is 1.93 bits per heavy atom. The second kappa shape index (κ2) is 8.20. The lowest BCUT2D eigenvalue weighted by Crippen LogP contribution is -2.38. The smallest absolute Gasteiger partial charge is 0.298 e. The maximum Gasteiger partial charge on any atom is 0.298 e. The standard InChI is InChI=1S/C17H19N3O5S.ClH/c1-19(2)3-4-20(16(21)14-9-22-5-6-23-14)17-18-11-7-12-13(25-10-24-12)8-15(11)26-17;/h7-9H,3-6,10H2,1-2H3;1H. The molecule has 3 heterocycles. The number of anilines is 1. The van der Waals surface area contributed by atoms with Crippen LogP contribution < -0.4 is 14.4 Å². The molecule has 0 saturated heterocycles. The van der Waals surface area contributed by atoms with Crippen LogP contribution in [-0.2, 0) is 14.3 Å². The molecule has 0 saturated carbocycles. The van der Waals surface area contributed by atoms with E-state index in [1.54, 1.807) is 4.90 Å². The number of rotatable bonds is 5. The first-order valence-electron chi connectivity index (χ1n) is 8.23. The van der Waals surface area contributed by atoms with Gasteiger partial charge in [-0.25, -0.2) is 4.98 Å².